The van der Waals surface area contributed by atoms with Gasteiger partial charge in [0.25, 0.3) is 0 Å². The van der Waals surface area contributed by atoms with Crippen LogP contribution < -0.4 is 15.8 Å². The Labute approximate surface area is 144 Å². The Kier molecular flexibility index (Phi) is 3.74. The molecule has 4 nitrogen and oxygen atoms in total. The van der Waals surface area contributed by atoms with Gasteiger partial charge in [0.15, 0.2) is 0 Å². The van der Waals surface area contributed by atoms with E-state index in [0.717, 1.165) is 29.6 Å². The summed E-state index contributed by atoms with van der Waals surface area (Å²) in [4.78, 5) is 12.7. The fraction of sp³-hybridized carbons (Fsp3) is 0.650. The average molecular weight is 328 g/mol. The number of benzene rings is 1. The number of nitrogen functional groups attached to an aromatic ring is 1. The fourth-order valence-electron chi connectivity index (χ4n) is 5.12. The van der Waals surface area contributed by atoms with Gasteiger partial charge in [0.2, 0.25) is 5.91 Å². The number of ether oxygens (including phenoxy) is 1. The number of anilines is 1. The second-order valence-corrected chi connectivity index (χ2v) is 8.62. The molecule has 3 N–H and O–H groups in total. The normalized spacial score (nSPS) is 32.9. The summed E-state index contributed by atoms with van der Waals surface area (Å²) in [6, 6.07) is 5.69. The number of rotatable bonds is 3. The zero-order chi connectivity index (χ0) is 16.9. The van der Waals surface area contributed by atoms with Crippen LogP contribution >= 0.6 is 0 Å². The van der Waals surface area contributed by atoms with E-state index < -0.39 is 0 Å². The highest BCUT2D eigenvalue weighted by Crippen LogP contribution is 2.49. The number of fused-ring (bicyclic) bond motifs is 3. The Balaban J connectivity index is 1.47. The van der Waals surface area contributed by atoms with Crippen molar-refractivity contribution in [3.63, 3.8) is 0 Å². The molecule has 2 bridgehead atoms. The van der Waals surface area contributed by atoms with Crippen molar-refractivity contribution < 1.29 is 9.53 Å². The summed E-state index contributed by atoms with van der Waals surface area (Å²) in [6.45, 7) is 4.14. The van der Waals surface area contributed by atoms with E-state index in [2.05, 4.69) is 19.2 Å². The van der Waals surface area contributed by atoms with E-state index in [1.54, 1.807) is 0 Å². The van der Waals surface area contributed by atoms with Crippen molar-refractivity contribution >= 4 is 11.6 Å². The molecule has 1 aromatic carbocycles. The van der Waals surface area contributed by atoms with Crippen molar-refractivity contribution in [2.45, 2.75) is 64.0 Å². The van der Waals surface area contributed by atoms with Gasteiger partial charge < -0.3 is 15.8 Å². The van der Waals surface area contributed by atoms with E-state index in [9.17, 15) is 4.79 Å². The number of amides is 1. The first-order valence-electron chi connectivity index (χ1n) is 9.27. The first-order valence-corrected chi connectivity index (χ1v) is 9.27. The summed E-state index contributed by atoms with van der Waals surface area (Å²) in [7, 11) is 0. The second kappa shape index (κ2) is 5.68. The SMILES string of the molecule is CC1(C)CC(NC(=O)CC2CC3CCC2C3)c2cc(N)ccc2O1. The molecule has 130 valence electrons. The van der Waals surface area contributed by atoms with Crippen molar-refractivity contribution in [1.29, 1.82) is 0 Å². The molecule has 3 aliphatic rings. The van der Waals surface area contributed by atoms with Crippen LogP contribution in [0.25, 0.3) is 0 Å². The minimum absolute atomic E-state index is 0.0154. The first-order chi connectivity index (χ1) is 11.4. The maximum absolute atomic E-state index is 12.7. The van der Waals surface area contributed by atoms with Gasteiger partial charge in [-0.2, -0.15) is 0 Å². The zero-order valence-electron chi connectivity index (χ0n) is 14.7. The number of nitrogens with two attached hydrogens (primary N) is 1. The molecule has 4 atom stereocenters. The number of hydrogen-bond acceptors (Lipinski definition) is 3. The largest absolute Gasteiger partial charge is 0.487 e. The average Bonchev–Trinajstić information content (AvgIpc) is 3.09. The Morgan fingerprint density at radius 1 is 1.33 bits per heavy atom. The summed E-state index contributed by atoms with van der Waals surface area (Å²) < 4.78 is 6.05. The van der Waals surface area contributed by atoms with Gasteiger partial charge in [-0.3, -0.25) is 4.79 Å². The Hall–Kier alpha value is -1.71. The number of nitrogens with one attached hydrogen (secondary N) is 1. The third-order valence-electron chi connectivity index (χ3n) is 6.16. The molecule has 4 unspecified atom stereocenters. The highest BCUT2D eigenvalue weighted by molar-refractivity contribution is 5.77. The van der Waals surface area contributed by atoms with Crippen molar-refractivity contribution in [2.24, 2.45) is 17.8 Å². The maximum Gasteiger partial charge on any atom is 0.220 e. The van der Waals surface area contributed by atoms with Gasteiger partial charge in [-0.15, -0.1) is 0 Å². The monoisotopic (exact) mass is 328 g/mol. The summed E-state index contributed by atoms with van der Waals surface area (Å²) in [5, 5.41) is 3.27. The summed E-state index contributed by atoms with van der Waals surface area (Å²) in [5.41, 5.74) is 7.39. The Morgan fingerprint density at radius 3 is 2.88 bits per heavy atom. The molecule has 1 heterocycles. The molecule has 2 saturated carbocycles. The van der Waals surface area contributed by atoms with Crippen LogP contribution in [-0.4, -0.2) is 11.5 Å². The molecular weight excluding hydrogens is 300 g/mol. The molecule has 1 aromatic rings. The van der Waals surface area contributed by atoms with Crippen LogP contribution in [0.1, 0.15) is 64.0 Å². The lowest BCUT2D eigenvalue weighted by Gasteiger charge is -2.38. The highest BCUT2D eigenvalue weighted by Gasteiger charge is 2.41. The van der Waals surface area contributed by atoms with Crippen LogP contribution in [0.5, 0.6) is 5.75 Å². The highest BCUT2D eigenvalue weighted by atomic mass is 16.5. The predicted molar refractivity (Wildman–Crippen MR) is 94.6 cm³/mol. The quantitative estimate of drug-likeness (QED) is 0.829. The molecule has 4 rings (SSSR count). The zero-order valence-corrected chi connectivity index (χ0v) is 14.7. The van der Waals surface area contributed by atoms with Gasteiger partial charge in [0, 0.05) is 24.1 Å². The van der Waals surface area contributed by atoms with Gasteiger partial charge in [-0.05, 0) is 69.1 Å². The lowest BCUT2D eigenvalue weighted by Crippen LogP contribution is -2.41. The Morgan fingerprint density at radius 2 is 2.17 bits per heavy atom. The molecular formula is C20H28N2O2. The predicted octanol–water partition coefficient (Wildman–Crippen LogP) is 3.81. The summed E-state index contributed by atoms with van der Waals surface area (Å²) in [5.74, 6) is 3.29. The van der Waals surface area contributed by atoms with Crippen molar-refractivity contribution in [3.8, 4) is 5.75 Å². The van der Waals surface area contributed by atoms with Gasteiger partial charge >= 0.3 is 0 Å². The molecule has 0 radical (unpaired) electrons. The molecule has 2 fully saturated rings. The van der Waals surface area contributed by atoms with Gasteiger partial charge in [0.1, 0.15) is 11.4 Å². The molecule has 4 heteroatoms. The van der Waals surface area contributed by atoms with E-state index >= 15 is 0 Å². The number of carbonyl (C=O) groups excluding carboxylic acids is 1. The van der Waals surface area contributed by atoms with Crippen molar-refractivity contribution in [3.05, 3.63) is 23.8 Å². The van der Waals surface area contributed by atoms with Crippen LogP contribution in [0, 0.1) is 17.8 Å². The Bertz CT molecular complexity index is 655. The number of hydrogen-bond donors (Lipinski definition) is 2. The van der Waals surface area contributed by atoms with Gasteiger partial charge in [-0.1, -0.05) is 6.42 Å². The van der Waals surface area contributed by atoms with E-state index in [1.807, 2.05) is 18.2 Å². The second-order valence-electron chi connectivity index (χ2n) is 8.62. The van der Waals surface area contributed by atoms with E-state index in [-0.39, 0.29) is 17.6 Å². The lowest BCUT2D eigenvalue weighted by atomic mass is 9.85. The van der Waals surface area contributed by atoms with Crippen molar-refractivity contribution in [2.75, 3.05) is 5.73 Å². The van der Waals surface area contributed by atoms with Gasteiger partial charge in [0.05, 0.1) is 6.04 Å². The fourth-order valence-corrected chi connectivity index (χ4v) is 5.12. The van der Waals surface area contributed by atoms with Crippen LogP contribution in [0.4, 0.5) is 5.69 Å². The molecule has 0 spiro atoms. The van der Waals surface area contributed by atoms with Crippen LogP contribution in [-0.2, 0) is 4.79 Å². The van der Waals surface area contributed by atoms with E-state index in [0.29, 0.717) is 18.0 Å². The van der Waals surface area contributed by atoms with E-state index in [1.165, 1.54) is 25.7 Å². The van der Waals surface area contributed by atoms with E-state index in [4.69, 9.17) is 10.5 Å². The minimum atomic E-state index is -0.284. The van der Waals surface area contributed by atoms with Crippen LogP contribution in [0.2, 0.25) is 0 Å². The molecule has 2 aliphatic carbocycles. The summed E-state index contributed by atoms with van der Waals surface area (Å²) in [6.07, 6.45) is 6.75. The van der Waals surface area contributed by atoms with Crippen LogP contribution in [0.15, 0.2) is 18.2 Å². The third-order valence-corrected chi connectivity index (χ3v) is 6.16. The molecule has 0 saturated heterocycles. The first kappa shape index (κ1) is 15.8. The maximum atomic E-state index is 12.7. The molecule has 1 aliphatic heterocycles. The molecule has 0 aromatic heterocycles. The van der Waals surface area contributed by atoms with Gasteiger partial charge in [-0.25, -0.2) is 0 Å². The summed E-state index contributed by atoms with van der Waals surface area (Å²) >= 11 is 0. The molecule has 24 heavy (non-hydrogen) atoms. The van der Waals surface area contributed by atoms with Crippen molar-refractivity contribution in [1.82, 2.24) is 5.32 Å². The molecule has 1 amide bonds. The standard InChI is InChI=1S/C20H28N2O2/c1-20(2)11-17(16-10-15(21)5-6-18(16)24-20)22-19(23)9-14-8-12-3-4-13(14)7-12/h5-6,10,12-14,17H,3-4,7-9,11,21H2,1-2H3,(H,22,23). The topological polar surface area (TPSA) is 64.4 Å². The third kappa shape index (κ3) is 2.99. The minimum Gasteiger partial charge on any atom is -0.487 e. The lowest BCUT2D eigenvalue weighted by molar-refractivity contribution is -0.123. The van der Waals surface area contributed by atoms with Crippen LogP contribution in [0.3, 0.4) is 0 Å². The number of carbonyl (C=O) groups is 1. The smallest absolute Gasteiger partial charge is 0.220 e.